The summed E-state index contributed by atoms with van der Waals surface area (Å²) in [5.74, 6) is 1.04. The maximum atomic E-state index is 12.3. The molecule has 0 N–H and O–H groups in total. The van der Waals surface area contributed by atoms with Gasteiger partial charge in [-0.1, -0.05) is 30.3 Å². The molecule has 0 spiro atoms. The van der Waals surface area contributed by atoms with Gasteiger partial charge in [0, 0.05) is 5.39 Å². The number of methoxy groups -OCH3 is 1. The van der Waals surface area contributed by atoms with E-state index in [1.807, 2.05) is 30.3 Å². The topological polar surface area (TPSA) is 72.5 Å². The first-order chi connectivity index (χ1) is 12.2. The van der Waals surface area contributed by atoms with Crippen LogP contribution in [0, 0.1) is 11.3 Å². The molecule has 0 bridgehead atoms. The van der Waals surface area contributed by atoms with Crippen LogP contribution < -0.4 is 9.47 Å². The van der Waals surface area contributed by atoms with Crippen LogP contribution in [0.15, 0.2) is 59.0 Å². The third-order valence-electron chi connectivity index (χ3n) is 3.58. The standard InChI is InChI=1S/C20H15NO4/c1-23-20-12-14(7-9-18(20)24-11-10-21)6-8-16(22)19-13-15-4-2-3-5-17(15)25-19/h2-9,12-13H,11H2,1H3. The van der Waals surface area contributed by atoms with Crippen LogP contribution >= 0.6 is 0 Å². The van der Waals surface area contributed by atoms with E-state index in [1.165, 1.54) is 13.2 Å². The summed E-state index contributed by atoms with van der Waals surface area (Å²) < 4.78 is 16.1. The average Bonchev–Trinajstić information content (AvgIpc) is 3.09. The summed E-state index contributed by atoms with van der Waals surface area (Å²) >= 11 is 0. The van der Waals surface area contributed by atoms with Crippen LogP contribution in [0.2, 0.25) is 0 Å². The molecule has 0 saturated carbocycles. The van der Waals surface area contributed by atoms with Gasteiger partial charge in [0.25, 0.3) is 0 Å². The molecule has 1 heterocycles. The zero-order valence-electron chi connectivity index (χ0n) is 13.6. The van der Waals surface area contributed by atoms with E-state index >= 15 is 0 Å². The van der Waals surface area contributed by atoms with Gasteiger partial charge >= 0.3 is 0 Å². The summed E-state index contributed by atoms with van der Waals surface area (Å²) in [4.78, 5) is 12.3. The molecule has 1 aromatic heterocycles. The zero-order chi connectivity index (χ0) is 17.6. The molecule has 0 atom stereocenters. The van der Waals surface area contributed by atoms with Crippen molar-refractivity contribution in [2.75, 3.05) is 13.7 Å². The summed E-state index contributed by atoms with van der Waals surface area (Å²) in [6.45, 7) is -0.0594. The van der Waals surface area contributed by atoms with E-state index in [0.717, 1.165) is 10.9 Å². The molecule has 0 radical (unpaired) electrons. The van der Waals surface area contributed by atoms with Crippen LogP contribution in [-0.2, 0) is 0 Å². The van der Waals surface area contributed by atoms with E-state index in [0.29, 0.717) is 22.8 Å². The summed E-state index contributed by atoms with van der Waals surface area (Å²) in [6, 6.07) is 16.3. The number of furan rings is 1. The molecule has 0 saturated heterocycles. The molecule has 0 unspecified atom stereocenters. The van der Waals surface area contributed by atoms with E-state index < -0.39 is 0 Å². The molecule has 3 aromatic rings. The molecular formula is C20H15NO4. The van der Waals surface area contributed by atoms with Crippen LogP contribution in [-0.4, -0.2) is 19.5 Å². The van der Waals surface area contributed by atoms with Gasteiger partial charge in [-0.3, -0.25) is 4.79 Å². The summed E-state index contributed by atoms with van der Waals surface area (Å²) in [7, 11) is 1.52. The van der Waals surface area contributed by atoms with Crippen LogP contribution in [0.5, 0.6) is 11.5 Å². The third kappa shape index (κ3) is 3.70. The van der Waals surface area contributed by atoms with Gasteiger partial charge in [0.05, 0.1) is 7.11 Å². The Morgan fingerprint density at radius 1 is 1.20 bits per heavy atom. The summed E-state index contributed by atoms with van der Waals surface area (Å²) in [5, 5.41) is 9.47. The summed E-state index contributed by atoms with van der Waals surface area (Å²) in [5.41, 5.74) is 1.45. The lowest BCUT2D eigenvalue weighted by Gasteiger charge is -2.08. The van der Waals surface area contributed by atoms with Gasteiger partial charge in [-0.2, -0.15) is 5.26 Å². The number of nitrogens with zero attached hydrogens (tertiary/aromatic N) is 1. The number of fused-ring (bicyclic) bond motifs is 1. The Morgan fingerprint density at radius 3 is 2.80 bits per heavy atom. The smallest absolute Gasteiger partial charge is 0.221 e. The predicted molar refractivity (Wildman–Crippen MR) is 93.7 cm³/mol. The maximum Gasteiger partial charge on any atom is 0.221 e. The maximum absolute atomic E-state index is 12.3. The van der Waals surface area contributed by atoms with Crippen molar-refractivity contribution in [1.29, 1.82) is 5.26 Å². The Kier molecular flexibility index (Phi) is 4.82. The number of carbonyl (C=O) groups excluding carboxylic acids is 1. The molecule has 0 fully saturated rings. The first-order valence-corrected chi connectivity index (χ1v) is 7.60. The highest BCUT2D eigenvalue weighted by molar-refractivity contribution is 6.06. The number of rotatable bonds is 6. The molecule has 0 aliphatic rings. The van der Waals surface area contributed by atoms with Gasteiger partial charge in [-0.05, 0) is 35.9 Å². The van der Waals surface area contributed by atoms with Gasteiger partial charge < -0.3 is 13.9 Å². The lowest BCUT2D eigenvalue weighted by Crippen LogP contribution is -1.97. The third-order valence-corrected chi connectivity index (χ3v) is 3.58. The number of nitriles is 1. The Morgan fingerprint density at radius 2 is 2.04 bits per heavy atom. The Balaban J connectivity index is 1.78. The van der Waals surface area contributed by atoms with Gasteiger partial charge in [-0.25, -0.2) is 0 Å². The molecule has 5 nitrogen and oxygen atoms in total. The Labute approximate surface area is 144 Å². The number of benzene rings is 2. The van der Waals surface area contributed by atoms with E-state index in [-0.39, 0.29) is 12.4 Å². The zero-order valence-corrected chi connectivity index (χ0v) is 13.6. The van der Waals surface area contributed by atoms with Crippen LogP contribution in [0.25, 0.3) is 17.0 Å². The van der Waals surface area contributed by atoms with Crippen molar-refractivity contribution in [2.45, 2.75) is 0 Å². The number of ether oxygens (including phenoxy) is 2. The SMILES string of the molecule is COc1cc(C=CC(=O)c2cc3ccccc3o2)ccc1OCC#N. The average molecular weight is 333 g/mol. The van der Waals surface area contributed by atoms with Crippen LogP contribution in [0.4, 0.5) is 0 Å². The minimum absolute atomic E-state index is 0.0594. The van der Waals surface area contributed by atoms with Crippen molar-refractivity contribution in [3.05, 3.63) is 65.9 Å². The molecular weight excluding hydrogens is 318 g/mol. The fraction of sp³-hybridized carbons (Fsp3) is 0.100. The van der Waals surface area contributed by atoms with Crippen molar-refractivity contribution in [3.63, 3.8) is 0 Å². The largest absolute Gasteiger partial charge is 0.493 e. The van der Waals surface area contributed by atoms with Crippen molar-refractivity contribution in [1.82, 2.24) is 0 Å². The van der Waals surface area contributed by atoms with Gasteiger partial charge in [0.15, 0.2) is 23.9 Å². The van der Waals surface area contributed by atoms with Crippen molar-refractivity contribution in [3.8, 4) is 17.6 Å². The highest BCUT2D eigenvalue weighted by atomic mass is 16.5. The highest BCUT2D eigenvalue weighted by Gasteiger charge is 2.09. The second kappa shape index (κ2) is 7.37. The number of carbonyl (C=O) groups is 1. The van der Waals surface area contributed by atoms with E-state index in [4.69, 9.17) is 19.2 Å². The number of hydrogen-bond donors (Lipinski definition) is 0. The van der Waals surface area contributed by atoms with Crippen LogP contribution in [0.3, 0.4) is 0 Å². The number of para-hydroxylation sites is 1. The minimum Gasteiger partial charge on any atom is -0.493 e. The number of ketones is 1. The Hall–Kier alpha value is -3.52. The lowest BCUT2D eigenvalue weighted by atomic mass is 10.1. The second-order valence-corrected chi connectivity index (χ2v) is 5.20. The number of hydrogen-bond acceptors (Lipinski definition) is 5. The van der Waals surface area contributed by atoms with Crippen LogP contribution in [0.1, 0.15) is 16.1 Å². The normalized spacial score (nSPS) is 10.7. The first kappa shape index (κ1) is 16.3. The molecule has 3 rings (SSSR count). The minimum atomic E-state index is -0.222. The molecule has 124 valence electrons. The molecule has 0 aliphatic heterocycles. The molecule has 5 heteroatoms. The van der Waals surface area contributed by atoms with Crippen molar-refractivity contribution < 1.29 is 18.7 Å². The second-order valence-electron chi connectivity index (χ2n) is 5.20. The van der Waals surface area contributed by atoms with Gasteiger partial charge in [0.2, 0.25) is 5.78 Å². The van der Waals surface area contributed by atoms with Gasteiger partial charge in [-0.15, -0.1) is 0 Å². The fourth-order valence-corrected chi connectivity index (χ4v) is 2.37. The molecule has 0 aliphatic carbocycles. The highest BCUT2D eigenvalue weighted by Crippen LogP contribution is 2.28. The quantitative estimate of drug-likeness (QED) is 0.498. The van der Waals surface area contributed by atoms with E-state index in [9.17, 15) is 4.79 Å². The number of allylic oxidation sites excluding steroid dienone is 1. The predicted octanol–water partition coefficient (Wildman–Crippen LogP) is 4.24. The first-order valence-electron chi connectivity index (χ1n) is 7.60. The molecule has 0 amide bonds. The lowest BCUT2D eigenvalue weighted by molar-refractivity contribution is 0.102. The van der Waals surface area contributed by atoms with E-state index in [2.05, 4.69) is 0 Å². The molecule has 25 heavy (non-hydrogen) atoms. The molecule has 2 aromatic carbocycles. The monoisotopic (exact) mass is 333 g/mol. The van der Waals surface area contributed by atoms with Crippen molar-refractivity contribution in [2.24, 2.45) is 0 Å². The Bertz CT molecular complexity index is 946. The van der Waals surface area contributed by atoms with Gasteiger partial charge in [0.1, 0.15) is 11.7 Å². The van der Waals surface area contributed by atoms with Crippen molar-refractivity contribution >= 4 is 22.8 Å². The fourth-order valence-electron chi connectivity index (χ4n) is 2.37. The summed E-state index contributed by atoms with van der Waals surface area (Å²) in [6.07, 6.45) is 3.12. The van der Waals surface area contributed by atoms with E-state index in [1.54, 1.807) is 30.3 Å².